The van der Waals surface area contributed by atoms with E-state index in [9.17, 15) is 4.79 Å². The Kier molecular flexibility index (Phi) is 4.65. The quantitative estimate of drug-likeness (QED) is 0.527. The number of hydrogen-bond acceptors (Lipinski definition) is 4. The molecule has 0 aromatic carbocycles. The van der Waals surface area contributed by atoms with E-state index in [0.717, 1.165) is 12.8 Å². The van der Waals surface area contributed by atoms with Crippen LogP contribution in [0, 0.1) is 11.8 Å². The molecule has 3 aliphatic rings. The summed E-state index contributed by atoms with van der Waals surface area (Å²) in [5, 5.41) is 0.120. The van der Waals surface area contributed by atoms with Gasteiger partial charge in [0.25, 0.3) is 0 Å². The van der Waals surface area contributed by atoms with E-state index in [0.29, 0.717) is 12.4 Å². The van der Waals surface area contributed by atoms with Crippen molar-refractivity contribution in [3.05, 3.63) is 36.6 Å². The molecule has 0 unspecified atom stereocenters. The molecule has 2 bridgehead atoms. The maximum atomic E-state index is 13.2. The summed E-state index contributed by atoms with van der Waals surface area (Å²) in [6.45, 7) is 15.6. The van der Waals surface area contributed by atoms with Gasteiger partial charge in [-0.05, 0) is 37.0 Å². The van der Waals surface area contributed by atoms with Crippen molar-refractivity contribution in [3.63, 3.8) is 0 Å². The summed E-state index contributed by atoms with van der Waals surface area (Å²) in [6.07, 6.45) is 9.51. The van der Waals surface area contributed by atoms with Crippen LogP contribution in [0.3, 0.4) is 0 Å². The third kappa shape index (κ3) is 2.76. The van der Waals surface area contributed by atoms with E-state index in [2.05, 4.69) is 52.6 Å². The molecule has 0 radical (unpaired) electrons. The van der Waals surface area contributed by atoms with E-state index in [-0.39, 0.29) is 22.7 Å². The van der Waals surface area contributed by atoms with Crippen molar-refractivity contribution < 1.29 is 18.7 Å². The Bertz CT molecular complexity index is 672. The fraction of sp³-hybridized carbons (Fsp3) is 0.667. The summed E-state index contributed by atoms with van der Waals surface area (Å²) in [7, 11) is -0.373. The molecule has 4 nitrogen and oxygen atoms in total. The molecule has 0 amide bonds. The topological polar surface area (TPSA) is 44.8 Å². The Labute approximate surface area is 158 Å². The number of ether oxygens (including phenoxy) is 2. The Morgan fingerprint density at radius 1 is 1.42 bits per heavy atom. The first-order valence-corrected chi connectivity index (χ1v) is 12.4. The lowest BCUT2D eigenvalue weighted by Crippen LogP contribution is -2.56. The molecule has 1 aliphatic carbocycles. The molecule has 5 heteroatoms. The molecule has 1 fully saturated rings. The van der Waals surface area contributed by atoms with Crippen LogP contribution in [0.25, 0.3) is 0 Å². The summed E-state index contributed by atoms with van der Waals surface area (Å²) >= 11 is 0. The predicted octanol–water partition coefficient (Wildman–Crippen LogP) is 4.40. The summed E-state index contributed by atoms with van der Waals surface area (Å²) in [4.78, 5) is 13.2. The molecule has 144 valence electrons. The highest BCUT2D eigenvalue weighted by molar-refractivity contribution is 6.74. The van der Waals surface area contributed by atoms with Gasteiger partial charge in [0, 0.05) is 11.8 Å². The van der Waals surface area contributed by atoms with E-state index < -0.39 is 19.5 Å². The molecule has 2 heterocycles. The van der Waals surface area contributed by atoms with Crippen LogP contribution in [0.1, 0.15) is 33.6 Å². The number of methoxy groups -OCH3 is 1. The highest BCUT2D eigenvalue weighted by atomic mass is 28.4. The molecule has 4 atom stereocenters. The van der Waals surface area contributed by atoms with Crippen LogP contribution in [0.2, 0.25) is 18.1 Å². The number of Topliss-reactive ketones (excluding diaryl/α,β-unsaturated/α-hetero) is 1. The van der Waals surface area contributed by atoms with Gasteiger partial charge in [-0.2, -0.15) is 0 Å². The standard InChI is InChI=1S/C21H32O4Si/c1-8-15-10-9-11-16-12-20(14-24-26(6,7)19(2,3)4)13-17(23-5)18(22)21(15,16)25-20/h8-9,11,13,15-16H,1,10,12,14H2,2-7H3/t15-,16-,20+,21-/m1/s1. The predicted molar refractivity (Wildman–Crippen MR) is 105 cm³/mol. The van der Waals surface area contributed by atoms with Crippen molar-refractivity contribution in [2.45, 2.75) is 62.9 Å². The molecule has 1 spiro atoms. The molecule has 26 heavy (non-hydrogen) atoms. The maximum Gasteiger partial charge on any atom is 0.230 e. The number of allylic oxidation sites excluding steroid dienone is 1. The lowest BCUT2D eigenvalue weighted by Gasteiger charge is -2.44. The normalized spacial score (nSPS) is 36.5. The summed E-state index contributed by atoms with van der Waals surface area (Å²) in [5.41, 5.74) is -1.51. The van der Waals surface area contributed by atoms with Crippen molar-refractivity contribution >= 4 is 14.1 Å². The zero-order valence-electron chi connectivity index (χ0n) is 16.9. The first-order chi connectivity index (χ1) is 12.0. The van der Waals surface area contributed by atoms with Gasteiger partial charge in [0.2, 0.25) is 5.78 Å². The molecule has 0 aromatic heterocycles. The number of fused-ring (bicyclic) bond motifs is 1. The SMILES string of the molecule is C=C[C@@H]1CC=C[C@@H]2C[C@@]3(CO[Si](C)(C)C(C)(C)C)C=C(OC)C(=O)[C@@]12O3. The van der Waals surface area contributed by atoms with Gasteiger partial charge in [-0.3, -0.25) is 4.79 Å². The Morgan fingerprint density at radius 3 is 2.69 bits per heavy atom. The monoisotopic (exact) mass is 376 g/mol. The Morgan fingerprint density at radius 2 is 2.12 bits per heavy atom. The minimum atomic E-state index is -1.93. The molecule has 3 rings (SSSR count). The van der Waals surface area contributed by atoms with Crippen LogP contribution < -0.4 is 0 Å². The fourth-order valence-electron chi connectivity index (χ4n) is 4.14. The molecule has 1 saturated heterocycles. The first-order valence-electron chi connectivity index (χ1n) is 9.46. The van der Waals surface area contributed by atoms with Gasteiger partial charge in [0.1, 0.15) is 11.2 Å². The minimum Gasteiger partial charge on any atom is -0.493 e. The summed E-state index contributed by atoms with van der Waals surface area (Å²) in [6, 6.07) is 0. The van der Waals surface area contributed by atoms with E-state index in [1.54, 1.807) is 7.11 Å². The van der Waals surface area contributed by atoms with Crippen LogP contribution in [0.5, 0.6) is 0 Å². The molecular weight excluding hydrogens is 344 g/mol. The van der Waals surface area contributed by atoms with Crippen LogP contribution >= 0.6 is 0 Å². The van der Waals surface area contributed by atoms with Gasteiger partial charge in [-0.15, -0.1) is 6.58 Å². The van der Waals surface area contributed by atoms with Crippen LogP contribution in [-0.4, -0.2) is 39.0 Å². The smallest absolute Gasteiger partial charge is 0.230 e. The van der Waals surface area contributed by atoms with E-state index in [4.69, 9.17) is 13.9 Å². The second-order valence-electron chi connectivity index (χ2n) is 9.37. The van der Waals surface area contributed by atoms with Crippen LogP contribution in [-0.2, 0) is 18.7 Å². The number of carbonyl (C=O) groups excluding carboxylic acids is 1. The first kappa shape index (κ1) is 19.6. The van der Waals surface area contributed by atoms with Crippen LogP contribution in [0.4, 0.5) is 0 Å². The molecule has 2 aliphatic heterocycles. The third-order valence-electron chi connectivity index (χ3n) is 6.76. The molecule has 0 N–H and O–H groups in total. The third-order valence-corrected chi connectivity index (χ3v) is 11.2. The Balaban J connectivity index is 1.98. The van der Waals surface area contributed by atoms with Crippen molar-refractivity contribution in [3.8, 4) is 0 Å². The van der Waals surface area contributed by atoms with Crippen LogP contribution in [0.15, 0.2) is 36.6 Å². The highest BCUT2D eigenvalue weighted by Crippen LogP contribution is 2.56. The van der Waals surface area contributed by atoms with Crippen molar-refractivity contribution in [1.29, 1.82) is 0 Å². The zero-order valence-corrected chi connectivity index (χ0v) is 17.9. The average Bonchev–Trinajstić information content (AvgIpc) is 2.87. The van der Waals surface area contributed by atoms with Crippen molar-refractivity contribution in [1.82, 2.24) is 0 Å². The number of carbonyl (C=O) groups is 1. The van der Waals surface area contributed by atoms with Gasteiger partial charge in [-0.1, -0.05) is 39.0 Å². The van der Waals surface area contributed by atoms with Gasteiger partial charge < -0.3 is 13.9 Å². The largest absolute Gasteiger partial charge is 0.493 e. The zero-order chi connectivity index (χ0) is 19.4. The summed E-state index contributed by atoms with van der Waals surface area (Å²) < 4.78 is 18.6. The average molecular weight is 377 g/mol. The second kappa shape index (κ2) is 6.18. The van der Waals surface area contributed by atoms with Gasteiger partial charge in [-0.25, -0.2) is 0 Å². The number of hydrogen-bond donors (Lipinski definition) is 0. The fourth-order valence-corrected chi connectivity index (χ4v) is 5.18. The number of rotatable bonds is 5. The molecule has 0 aromatic rings. The minimum absolute atomic E-state index is 0.0265. The van der Waals surface area contributed by atoms with Gasteiger partial charge in [0.05, 0.1) is 13.7 Å². The highest BCUT2D eigenvalue weighted by Gasteiger charge is 2.66. The van der Waals surface area contributed by atoms with Gasteiger partial charge in [0.15, 0.2) is 14.1 Å². The van der Waals surface area contributed by atoms with E-state index >= 15 is 0 Å². The Hall–Kier alpha value is -1.17. The lowest BCUT2D eigenvalue weighted by molar-refractivity contribution is -0.168. The van der Waals surface area contributed by atoms with Crippen molar-refractivity contribution in [2.24, 2.45) is 11.8 Å². The summed E-state index contributed by atoms with van der Waals surface area (Å²) in [5.74, 6) is 0.330. The van der Waals surface area contributed by atoms with E-state index in [1.807, 2.05) is 12.2 Å². The van der Waals surface area contributed by atoms with Crippen molar-refractivity contribution in [2.75, 3.05) is 13.7 Å². The molecule has 0 saturated carbocycles. The lowest BCUT2D eigenvalue weighted by atomic mass is 9.69. The van der Waals surface area contributed by atoms with Gasteiger partial charge >= 0.3 is 0 Å². The van der Waals surface area contributed by atoms with E-state index in [1.165, 1.54) is 0 Å². The maximum absolute atomic E-state index is 13.2. The second-order valence-corrected chi connectivity index (χ2v) is 14.2. The molecular formula is C21H32O4Si. The number of ketones is 1.